The second-order valence-corrected chi connectivity index (χ2v) is 6.27. The summed E-state index contributed by atoms with van der Waals surface area (Å²) in [6.45, 7) is 4.15. The summed E-state index contributed by atoms with van der Waals surface area (Å²) in [5.74, 6) is 0.758. The van der Waals surface area contributed by atoms with Crippen molar-refractivity contribution in [3.8, 4) is 11.4 Å². The number of aromatic nitrogens is 3. The molecule has 0 saturated carbocycles. The zero-order valence-corrected chi connectivity index (χ0v) is 14.4. The minimum Gasteiger partial charge on any atom is -0.378 e. The molecule has 2 aromatic rings. The molecule has 2 aromatic heterocycles. The van der Waals surface area contributed by atoms with E-state index in [-0.39, 0.29) is 17.9 Å². The van der Waals surface area contributed by atoms with Gasteiger partial charge >= 0.3 is 11.8 Å². The van der Waals surface area contributed by atoms with Crippen molar-refractivity contribution in [3.05, 3.63) is 24.2 Å². The van der Waals surface area contributed by atoms with E-state index in [9.17, 15) is 4.79 Å². The predicted octanol–water partition coefficient (Wildman–Crippen LogP) is 0.877. The fourth-order valence-corrected chi connectivity index (χ4v) is 3.04. The average molecular weight is 359 g/mol. The monoisotopic (exact) mass is 359 g/mol. The van der Waals surface area contributed by atoms with Crippen LogP contribution in [0.3, 0.4) is 0 Å². The lowest BCUT2D eigenvalue weighted by atomic mass is 10.2. The van der Waals surface area contributed by atoms with E-state index in [4.69, 9.17) is 14.0 Å². The zero-order chi connectivity index (χ0) is 17.8. The maximum absolute atomic E-state index is 12.2. The van der Waals surface area contributed by atoms with Gasteiger partial charge < -0.3 is 24.2 Å². The lowest BCUT2D eigenvalue weighted by molar-refractivity contribution is 0.0822. The summed E-state index contributed by atoms with van der Waals surface area (Å²) in [4.78, 5) is 22.9. The minimum absolute atomic E-state index is 0.0530. The summed E-state index contributed by atoms with van der Waals surface area (Å²) in [7, 11) is 0. The van der Waals surface area contributed by atoms with E-state index in [2.05, 4.69) is 25.3 Å². The lowest BCUT2D eigenvalue weighted by Crippen LogP contribution is -2.36. The van der Waals surface area contributed by atoms with Crippen LogP contribution in [0.2, 0.25) is 0 Å². The Morgan fingerprint density at radius 3 is 3.00 bits per heavy atom. The largest absolute Gasteiger partial charge is 0.378 e. The molecule has 0 unspecified atom stereocenters. The maximum Gasteiger partial charge on any atom is 0.316 e. The molecule has 1 atom stereocenters. The first-order valence-corrected chi connectivity index (χ1v) is 8.82. The number of ether oxygens (including phenoxy) is 2. The normalized spacial score (nSPS) is 20.3. The molecule has 0 aliphatic carbocycles. The molecule has 138 valence electrons. The third kappa shape index (κ3) is 3.83. The first-order chi connectivity index (χ1) is 12.8. The predicted molar refractivity (Wildman–Crippen MR) is 91.9 cm³/mol. The zero-order valence-electron chi connectivity index (χ0n) is 14.4. The van der Waals surface area contributed by atoms with Crippen LogP contribution in [0.4, 0.5) is 5.82 Å². The van der Waals surface area contributed by atoms with Gasteiger partial charge in [-0.15, -0.1) is 0 Å². The second-order valence-electron chi connectivity index (χ2n) is 6.27. The van der Waals surface area contributed by atoms with Gasteiger partial charge in [-0.2, -0.15) is 4.98 Å². The van der Waals surface area contributed by atoms with Crippen LogP contribution in [0, 0.1) is 0 Å². The number of anilines is 1. The van der Waals surface area contributed by atoms with Crippen LogP contribution in [-0.2, 0) is 9.47 Å². The van der Waals surface area contributed by atoms with Crippen LogP contribution in [-0.4, -0.2) is 66.6 Å². The molecule has 1 N–H and O–H groups in total. The van der Waals surface area contributed by atoms with E-state index < -0.39 is 0 Å². The van der Waals surface area contributed by atoms with Gasteiger partial charge in [0.15, 0.2) is 0 Å². The highest BCUT2D eigenvalue weighted by Gasteiger charge is 2.21. The van der Waals surface area contributed by atoms with Gasteiger partial charge in [0.25, 0.3) is 0 Å². The van der Waals surface area contributed by atoms with Crippen molar-refractivity contribution in [2.75, 3.05) is 44.4 Å². The highest BCUT2D eigenvalue weighted by molar-refractivity contribution is 5.89. The standard InChI is InChI=1S/C17H21N5O4/c23-16(19-11-13-2-1-7-25-13)17-20-15(21-26-17)12-3-4-18-14(10-12)22-5-8-24-9-6-22/h3-4,10,13H,1-2,5-9,11H2,(H,19,23)/t13-/m0/s1. The molecule has 0 aromatic carbocycles. The molecule has 26 heavy (non-hydrogen) atoms. The quantitative estimate of drug-likeness (QED) is 0.839. The Morgan fingerprint density at radius 2 is 2.19 bits per heavy atom. The Labute approximate surface area is 150 Å². The summed E-state index contributed by atoms with van der Waals surface area (Å²) in [5.41, 5.74) is 0.753. The van der Waals surface area contributed by atoms with Crippen LogP contribution >= 0.6 is 0 Å². The van der Waals surface area contributed by atoms with Crippen molar-refractivity contribution < 1.29 is 18.8 Å². The Kier molecular flexibility index (Phi) is 5.07. The molecule has 2 aliphatic rings. The summed E-state index contributed by atoms with van der Waals surface area (Å²) in [5, 5.41) is 6.70. The van der Waals surface area contributed by atoms with E-state index in [1.807, 2.05) is 6.07 Å². The number of hydrogen-bond acceptors (Lipinski definition) is 8. The van der Waals surface area contributed by atoms with Crippen LogP contribution in [0.15, 0.2) is 22.9 Å². The molecule has 9 nitrogen and oxygen atoms in total. The number of carbonyl (C=O) groups excluding carboxylic acids is 1. The molecule has 2 fully saturated rings. The molecule has 4 rings (SSSR count). The molecule has 1 amide bonds. The van der Waals surface area contributed by atoms with Crippen molar-refractivity contribution in [1.29, 1.82) is 0 Å². The van der Waals surface area contributed by atoms with E-state index >= 15 is 0 Å². The van der Waals surface area contributed by atoms with Crippen molar-refractivity contribution in [3.63, 3.8) is 0 Å². The fourth-order valence-electron chi connectivity index (χ4n) is 3.04. The Bertz CT molecular complexity index is 753. The summed E-state index contributed by atoms with van der Waals surface area (Å²) in [6.07, 6.45) is 3.75. The topological polar surface area (TPSA) is 103 Å². The lowest BCUT2D eigenvalue weighted by Gasteiger charge is -2.27. The van der Waals surface area contributed by atoms with Gasteiger partial charge in [-0.3, -0.25) is 4.79 Å². The van der Waals surface area contributed by atoms with Crippen LogP contribution < -0.4 is 10.2 Å². The molecule has 2 saturated heterocycles. The number of amides is 1. The van der Waals surface area contributed by atoms with E-state index in [0.29, 0.717) is 25.6 Å². The van der Waals surface area contributed by atoms with Gasteiger partial charge in [-0.1, -0.05) is 5.16 Å². The van der Waals surface area contributed by atoms with Gasteiger partial charge in [0.2, 0.25) is 5.82 Å². The summed E-state index contributed by atoms with van der Waals surface area (Å²) >= 11 is 0. The van der Waals surface area contributed by atoms with E-state index in [1.165, 1.54) is 0 Å². The van der Waals surface area contributed by atoms with Gasteiger partial charge in [-0.25, -0.2) is 4.98 Å². The molecule has 0 bridgehead atoms. The van der Waals surface area contributed by atoms with Crippen molar-refractivity contribution in [1.82, 2.24) is 20.4 Å². The number of rotatable bonds is 5. The first kappa shape index (κ1) is 16.9. The molecule has 0 spiro atoms. The number of morpholine rings is 1. The maximum atomic E-state index is 12.2. The summed E-state index contributed by atoms with van der Waals surface area (Å²) < 4.78 is 16.0. The summed E-state index contributed by atoms with van der Waals surface area (Å²) in [6, 6.07) is 3.69. The van der Waals surface area contributed by atoms with Crippen molar-refractivity contribution >= 4 is 11.7 Å². The Hall–Kier alpha value is -2.52. The molecule has 9 heteroatoms. The number of carbonyl (C=O) groups is 1. The molecular formula is C17H21N5O4. The highest BCUT2D eigenvalue weighted by Crippen LogP contribution is 2.21. The van der Waals surface area contributed by atoms with Gasteiger partial charge in [0.1, 0.15) is 5.82 Å². The Morgan fingerprint density at radius 1 is 1.31 bits per heavy atom. The Balaban J connectivity index is 1.42. The second kappa shape index (κ2) is 7.79. The number of nitrogens with zero attached hydrogens (tertiary/aromatic N) is 4. The SMILES string of the molecule is O=C(NC[C@@H]1CCCO1)c1nc(-c2ccnc(N3CCOCC3)c2)no1. The van der Waals surface area contributed by atoms with Crippen molar-refractivity contribution in [2.45, 2.75) is 18.9 Å². The third-order valence-corrected chi connectivity index (χ3v) is 4.47. The first-order valence-electron chi connectivity index (χ1n) is 8.82. The average Bonchev–Trinajstić information content (AvgIpc) is 3.39. The molecule has 0 radical (unpaired) electrons. The highest BCUT2D eigenvalue weighted by atomic mass is 16.5. The number of nitrogens with one attached hydrogen (secondary N) is 1. The van der Waals surface area contributed by atoms with Gasteiger partial charge in [0, 0.05) is 38.0 Å². The van der Waals surface area contributed by atoms with Crippen molar-refractivity contribution in [2.24, 2.45) is 0 Å². The fraction of sp³-hybridized carbons (Fsp3) is 0.529. The van der Waals surface area contributed by atoms with E-state index in [0.717, 1.165) is 43.9 Å². The van der Waals surface area contributed by atoms with Gasteiger partial charge in [0.05, 0.1) is 19.3 Å². The molecular weight excluding hydrogens is 338 g/mol. The smallest absolute Gasteiger partial charge is 0.316 e. The number of hydrogen-bond donors (Lipinski definition) is 1. The van der Waals surface area contributed by atoms with Crippen LogP contribution in [0.5, 0.6) is 0 Å². The third-order valence-electron chi connectivity index (χ3n) is 4.47. The number of pyridine rings is 1. The van der Waals surface area contributed by atoms with E-state index in [1.54, 1.807) is 12.3 Å². The minimum atomic E-state index is -0.387. The van der Waals surface area contributed by atoms with Gasteiger partial charge in [-0.05, 0) is 25.0 Å². The molecule has 4 heterocycles. The van der Waals surface area contributed by atoms with Crippen LogP contribution in [0.25, 0.3) is 11.4 Å². The van der Waals surface area contributed by atoms with Crippen LogP contribution in [0.1, 0.15) is 23.5 Å². The molecule has 2 aliphatic heterocycles.